The van der Waals surface area contributed by atoms with E-state index >= 15 is 0 Å². The summed E-state index contributed by atoms with van der Waals surface area (Å²) in [6.45, 7) is 0.616. The first-order chi connectivity index (χ1) is 17.2. The molecule has 3 aromatic rings. The Bertz CT molecular complexity index is 1410. The lowest BCUT2D eigenvalue weighted by Crippen LogP contribution is -2.15. The SMILES string of the molecule is N#Cc1c(C#N)c2c(c3c1CCc1cc(O)ccc1-3)-c1ccc(OCCCCCC=O)cc1CC2. The average molecular weight is 463 g/mol. The molecule has 1 N–H and O–H groups in total. The van der Waals surface area contributed by atoms with E-state index in [1.165, 1.54) is 5.56 Å². The normalized spacial score (nSPS) is 12.9. The van der Waals surface area contributed by atoms with Crippen molar-refractivity contribution in [1.29, 1.82) is 10.5 Å². The Labute approximate surface area is 205 Å². The van der Waals surface area contributed by atoms with E-state index in [2.05, 4.69) is 24.3 Å². The minimum Gasteiger partial charge on any atom is -0.508 e. The number of carbonyl (C=O) groups is 1. The molecule has 35 heavy (non-hydrogen) atoms. The van der Waals surface area contributed by atoms with E-state index < -0.39 is 0 Å². The number of hydrogen-bond acceptors (Lipinski definition) is 5. The highest BCUT2D eigenvalue weighted by Crippen LogP contribution is 2.49. The zero-order chi connectivity index (χ0) is 24.4. The zero-order valence-electron chi connectivity index (χ0n) is 19.6. The van der Waals surface area contributed by atoms with Gasteiger partial charge >= 0.3 is 0 Å². The van der Waals surface area contributed by atoms with E-state index in [9.17, 15) is 20.4 Å². The molecule has 174 valence electrons. The molecular weight excluding hydrogens is 436 g/mol. The Balaban J connectivity index is 1.59. The molecule has 5 rings (SSSR count). The number of rotatable bonds is 7. The molecule has 5 heteroatoms. The van der Waals surface area contributed by atoms with Crippen molar-refractivity contribution in [3.05, 3.63) is 69.8 Å². The van der Waals surface area contributed by atoms with Crippen molar-refractivity contribution >= 4 is 6.29 Å². The van der Waals surface area contributed by atoms with Gasteiger partial charge in [-0.1, -0.05) is 12.1 Å². The highest BCUT2D eigenvalue weighted by atomic mass is 16.5. The van der Waals surface area contributed by atoms with Gasteiger partial charge in [-0.3, -0.25) is 0 Å². The van der Waals surface area contributed by atoms with Crippen molar-refractivity contribution in [2.75, 3.05) is 6.61 Å². The van der Waals surface area contributed by atoms with Crippen LogP contribution in [0.4, 0.5) is 0 Å². The fraction of sp³-hybridized carbons (Fsp3) is 0.300. The molecule has 0 bridgehead atoms. The Morgan fingerprint density at radius 1 is 0.829 bits per heavy atom. The van der Waals surface area contributed by atoms with Gasteiger partial charge in [0.05, 0.1) is 17.7 Å². The molecule has 0 aliphatic heterocycles. The number of carbonyl (C=O) groups excluding carboxylic acids is 1. The Kier molecular flexibility index (Phi) is 6.25. The second-order valence-corrected chi connectivity index (χ2v) is 9.21. The summed E-state index contributed by atoms with van der Waals surface area (Å²) in [4.78, 5) is 10.5. The van der Waals surface area contributed by atoms with E-state index in [0.29, 0.717) is 37.0 Å². The van der Waals surface area contributed by atoms with Crippen molar-refractivity contribution in [1.82, 2.24) is 0 Å². The van der Waals surface area contributed by atoms with Crippen LogP contribution in [0.3, 0.4) is 0 Å². The predicted molar refractivity (Wildman–Crippen MR) is 133 cm³/mol. The maximum absolute atomic E-state index is 10.5. The molecule has 0 saturated carbocycles. The summed E-state index contributed by atoms with van der Waals surface area (Å²) in [6.07, 6.45) is 7.19. The Morgan fingerprint density at radius 3 is 2.09 bits per heavy atom. The van der Waals surface area contributed by atoms with Gasteiger partial charge in [0, 0.05) is 6.42 Å². The van der Waals surface area contributed by atoms with Gasteiger partial charge in [0.25, 0.3) is 0 Å². The molecule has 0 amide bonds. The fourth-order valence-corrected chi connectivity index (χ4v) is 5.55. The zero-order valence-corrected chi connectivity index (χ0v) is 19.6. The van der Waals surface area contributed by atoms with E-state index in [0.717, 1.165) is 83.1 Å². The molecular formula is C30H26N2O3. The van der Waals surface area contributed by atoms with Crippen LogP contribution in [0.25, 0.3) is 22.3 Å². The minimum atomic E-state index is 0.239. The van der Waals surface area contributed by atoms with E-state index in [4.69, 9.17) is 4.74 Å². The van der Waals surface area contributed by atoms with Gasteiger partial charge in [-0.25, -0.2) is 0 Å². The molecule has 0 unspecified atom stereocenters. The van der Waals surface area contributed by atoms with Crippen LogP contribution in [-0.2, 0) is 30.5 Å². The van der Waals surface area contributed by atoms with Crippen LogP contribution in [-0.4, -0.2) is 18.0 Å². The first-order valence-electron chi connectivity index (χ1n) is 12.2. The maximum atomic E-state index is 10.5. The molecule has 0 heterocycles. The third-order valence-electron chi connectivity index (χ3n) is 7.16. The number of unbranched alkanes of at least 4 members (excludes halogenated alkanes) is 3. The van der Waals surface area contributed by atoms with Crippen molar-refractivity contribution < 1.29 is 14.6 Å². The number of hydrogen-bond donors (Lipinski definition) is 1. The maximum Gasteiger partial charge on any atom is 0.119 e. The summed E-state index contributed by atoms with van der Waals surface area (Å²) in [5.74, 6) is 1.07. The number of ether oxygens (including phenoxy) is 1. The molecule has 0 spiro atoms. The lowest BCUT2D eigenvalue weighted by molar-refractivity contribution is -0.107. The largest absolute Gasteiger partial charge is 0.508 e. The number of benzene rings is 3. The Morgan fingerprint density at radius 2 is 1.46 bits per heavy atom. The van der Waals surface area contributed by atoms with Gasteiger partial charge in [-0.15, -0.1) is 0 Å². The molecule has 0 saturated heterocycles. The molecule has 0 radical (unpaired) electrons. The lowest BCUT2D eigenvalue weighted by Gasteiger charge is -2.31. The van der Waals surface area contributed by atoms with Crippen molar-refractivity contribution in [2.24, 2.45) is 0 Å². The fourth-order valence-electron chi connectivity index (χ4n) is 5.55. The smallest absolute Gasteiger partial charge is 0.119 e. The molecule has 2 aliphatic rings. The number of aldehydes is 1. The van der Waals surface area contributed by atoms with Crippen LogP contribution in [0.5, 0.6) is 11.5 Å². The highest BCUT2D eigenvalue weighted by molar-refractivity contribution is 5.95. The van der Waals surface area contributed by atoms with Crippen LogP contribution in [0.1, 0.15) is 59.1 Å². The second-order valence-electron chi connectivity index (χ2n) is 9.21. The van der Waals surface area contributed by atoms with E-state index in [1.54, 1.807) is 6.07 Å². The van der Waals surface area contributed by atoms with Gasteiger partial charge in [0.1, 0.15) is 29.9 Å². The number of aromatic hydroxyl groups is 1. The first-order valence-corrected chi connectivity index (χ1v) is 12.2. The number of phenols is 1. The number of nitriles is 2. The predicted octanol–water partition coefficient (Wildman–Crippen LogP) is 5.80. The van der Waals surface area contributed by atoms with Crippen molar-refractivity contribution in [2.45, 2.75) is 51.4 Å². The van der Waals surface area contributed by atoms with Gasteiger partial charge < -0.3 is 14.6 Å². The molecule has 5 nitrogen and oxygen atoms in total. The second kappa shape index (κ2) is 9.65. The van der Waals surface area contributed by atoms with Gasteiger partial charge in [-0.05, 0) is 114 Å². The van der Waals surface area contributed by atoms with Crippen molar-refractivity contribution in [3.63, 3.8) is 0 Å². The van der Waals surface area contributed by atoms with E-state index in [1.807, 2.05) is 18.2 Å². The topological polar surface area (TPSA) is 94.1 Å². The minimum absolute atomic E-state index is 0.239. The molecule has 3 aromatic carbocycles. The summed E-state index contributed by atoms with van der Waals surface area (Å²) in [7, 11) is 0. The average Bonchev–Trinajstić information content (AvgIpc) is 2.88. The molecule has 0 fully saturated rings. The molecule has 0 atom stereocenters. The van der Waals surface area contributed by atoms with Crippen LogP contribution < -0.4 is 4.74 Å². The summed E-state index contributed by atoms with van der Waals surface area (Å²) in [5.41, 5.74) is 9.32. The van der Waals surface area contributed by atoms with E-state index in [-0.39, 0.29) is 5.75 Å². The summed E-state index contributed by atoms with van der Waals surface area (Å²) in [6, 6.07) is 16.3. The van der Waals surface area contributed by atoms with Gasteiger partial charge in [0.2, 0.25) is 0 Å². The van der Waals surface area contributed by atoms with Gasteiger partial charge in [0.15, 0.2) is 0 Å². The quantitative estimate of drug-likeness (QED) is 0.353. The lowest BCUT2D eigenvalue weighted by atomic mass is 9.72. The van der Waals surface area contributed by atoms with Crippen LogP contribution in [0.15, 0.2) is 36.4 Å². The van der Waals surface area contributed by atoms with Crippen LogP contribution in [0, 0.1) is 22.7 Å². The summed E-state index contributed by atoms with van der Waals surface area (Å²) >= 11 is 0. The molecule has 0 aromatic heterocycles. The monoisotopic (exact) mass is 462 g/mol. The third kappa shape index (κ3) is 4.04. The van der Waals surface area contributed by atoms with Gasteiger partial charge in [-0.2, -0.15) is 10.5 Å². The number of aryl methyl sites for hydroxylation is 2. The van der Waals surface area contributed by atoms with Crippen molar-refractivity contribution in [3.8, 4) is 45.9 Å². The van der Waals surface area contributed by atoms with Crippen LogP contribution >= 0.6 is 0 Å². The number of nitrogens with zero attached hydrogens (tertiary/aromatic N) is 2. The number of fused-ring (bicyclic) bond motifs is 7. The summed E-state index contributed by atoms with van der Waals surface area (Å²) in [5, 5.41) is 30.1. The highest BCUT2D eigenvalue weighted by Gasteiger charge is 2.31. The third-order valence-corrected chi connectivity index (χ3v) is 7.16. The van der Waals surface area contributed by atoms with Crippen LogP contribution in [0.2, 0.25) is 0 Å². The summed E-state index contributed by atoms with van der Waals surface area (Å²) < 4.78 is 5.99. The Hall–Kier alpha value is -4.09. The first kappa shape index (κ1) is 22.7. The number of phenolic OH excluding ortho intramolecular Hbond substituents is 1. The standard InChI is InChI=1S/C30H26N2O3/c31-17-27-25-9-5-19-15-21(34)7-11-23(19)29(25)30-24-12-8-22(35-14-4-2-1-3-13-33)16-20(24)6-10-26(30)28(27)18-32/h7-8,11-13,15-16,34H,1-6,9-10,14H2. The molecule has 2 aliphatic carbocycles.